The Hall–Kier alpha value is -3.62. The number of benzene rings is 2. The molecule has 0 atom stereocenters. The van der Waals surface area contributed by atoms with Crippen molar-refractivity contribution in [1.29, 1.82) is 0 Å². The molecule has 1 amide bonds. The van der Waals surface area contributed by atoms with Gasteiger partial charge in [0.2, 0.25) is 0 Å². The molecule has 1 aliphatic carbocycles. The third-order valence-corrected chi connectivity index (χ3v) is 4.85. The average molecular weight is 413 g/mol. The monoisotopic (exact) mass is 413 g/mol. The summed E-state index contributed by atoms with van der Waals surface area (Å²) in [6.07, 6.45) is 1.81. The van der Waals surface area contributed by atoms with Crippen molar-refractivity contribution in [3.63, 3.8) is 0 Å². The standard InChI is InChI=1S/C21H23N3O6/c1-22-19-10-7-16(24(27)28)11-18(19)21(26)30-13-20(25)23(15-5-6-15)12-14-3-8-17(29-2)9-4-14/h3-4,7-11,15,22H,5-6,12-13H2,1-2H3. The minimum absolute atomic E-state index is 0.00706. The quantitative estimate of drug-likeness (QED) is 0.382. The van der Waals surface area contributed by atoms with Crippen LogP contribution in [0.5, 0.6) is 5.75 Å². The lowest BCUT2D eigenvalue weighted by Gasteiger charge is -2.22. The molecule has 1 saturated carbocycles. The van der Waals surface area contributed by atoms with Crippen LogP contribution >= 0.6 is 0 Å². The Labute approximate surface area is 173 Å². The highest BCUT2D eigenvalue weighted by Crippen LogP contribution is 2.29. The Morgan fingerprint density at radius 3 is 2.47 bits per heavy atom. The Morgan fingerprint density at radius 1 is 1.20 bits per heavy atom. The fourth-order valence-electron chi connectivity index (χ4n) is 3.06. The molecule has 3 rings (SSSR count). The third-order valence-electron chi connectivity index (χ3n) is 4.85. The lowest BCUT2D eigenvalue weighted by Crippen LogP contribution is -2.36. The molecule has 2 aromatic rings. The first-order valence-corrected chi connectivity index (χ1v) is 9.48. The number of methoxy groups -OCH3 is 1. The summed E-state index contributed by atoms with van der Waals surface area (Å²) in [6.45, 7) is -0.0268. The molecule has 158 valence electrons. The van der Waals surface area contributed by atoms with Crippen LogP contribution in [0.15, 0.2) is 42.5 Å². The summed E-state index contributed by atoms with van der Waals surface area (Å²) in [5.41, 5.74) is 1.10. The van der Waals surface area contributed by atoms with E-state index >= 15 is 0 Å². The second kappa shape index (κ2) is 9.25. The largest absolute Gasteiger partial charge is 0.497 e. The number of nitro benzene ring substituents is 1. The second-order valence-corrected chi connectivity index (χ2v) is 6.91. The summed E-state index contributed by atoms with van der Waals surface area (Å²) in [6, 6.07) is 11.4. The number of anilines is 1. The SMILES string of the molecule is CNc1ccc([N+](=O)[O-])cc1C(=O)OCC(=O)N(Cc1ccc(OC)cc1)C1CC1. The summed E-state index contributed by atoms with van der Waals surface area (Å²) in [7, 11) is 3.18. The molecular formula is C21H23N3O6. The zero-order valence-electron chi connectivity index (χ0n) is 16.8. The summed E-state index contributed by atoms with van der Waals surface area (Å²) in [4.78, 5) is 37.3. The zero-order valence-corrected chi connectivity index (χ0v) is 16.8. The van der Waals surface area contributed by atoms with Crippen LogP contribution in [0.3, 0.4) is 0 Å². The lowest BCUT2D eigenvalue weighted by molar-refractivity contribution is -0.384. The second-order valence-electron chi connectivity index (χ2n) is 6.91. The Kier molecular flexibility index (Phi) is 6.51. The van der Waals surface area contributed by atoms with E-state index in [1.807, 2.05) is 24.3 Å². The average Bonchev–Trinajstić information content (AvgIpc) is 3.60. The molecule has 9 nitrogen and oxygen atoms in total. The molecule has 0 radical (unpaired) electrons. The van der Waals surface area contributed by atoms with Gasteiger partial charge in [0, 0.05) is 37.5 Å². The molecule has 1 N–H and O–H groups in total. The first-order valence-electron chi connectivity index (χ1n) is 9.48. The van der Waals surface area contributed by atoms with Crippen molar-refractivity contribution in [2.45, 2.75) is 25.4 Å². The number of non-ortho nitro benzene ring substituents is 1. The van der Waals surface area contributed by atoms with Crippen molar-refractivity contribution in [2.75, 3.05) is 26.1 Å². The molecule has 1 fully saturated rings. The minimum atomic E-state index is -0.795. The minimum Gasteiger partial charge on any atom is -0.497 e. The van der Waals surface area contributed by atoms with Gasteiger partial charge in [0.1, 0.15) is 5.75 Å². The lowest BCUT2D eigenvalue weighted by atomic mass is 10.1. The third kappa shape index (κ3) is 5.05. The van der Waals surface area contributed by atoms with Crippen molar-refractivity contribution in [2.24, 2.45) is 0 Å². The summed E-state index contributed by atoms with van der Waals surface area (Å²) >= 11 is 0. The number of nitrogens with zero attached hydrogens (tertiary/aromatic N) is 2. The topological polar surface area (TPSA) is 111 Å². The van der Waals surface area contributed by atoms with Gasteiger partial charge >= 0.3 is 5.97 Å². The fraction of sp³-hybridized carbons (Fsp3) is 0.333. The van der Waals surface area contributed by atoms with Crippen molar-refractivity contribution >= 4 is 23.3 Å². The van der Waals surface area contributed by atoms with E-state index in [4.69, 9.17) is 9.47 Å². The summed E-state index contributed by atoms with van der Waals surface area (Å²) < 4.78 is 10.3. The number of carbonyl (C=O) groups is 2. The highest BCUT2D eigenvalue weighted by molar-refractivity contribution is 5.97. The van der Waals surface area contributed by atoms with Crippen molar-refractivity contribution in [3.8, 4) is 5.75 Å². The molecule has 1 aliphatic rings. The Morgan fingerprint density at radius 2 is 1.90 bits per heavy atom. The normalized spacial score (nSPS) is 12.7. The van der Waals surface area contributed by atoms with Crippen LogP contribution in [0.1, 0.15) is 28.8 Å². The molecule has 30 heavy (non-hydrogen) atoms. The number of carbonyl (C=O) groups excluding carboxylic acids is 2. The van der Waals surface area contributed by atoms with Gasteiger partial charge < -0.3 is 19.7 Å². The van der Waals surface area contributed by atoms with Crippen molar-refractivity contribution in [3.05, 3.63) is 63.7 Å². The first kappa shape index (κ1) is 21.1. The number of esters is 1. The summed E-state index contributed by atoms with van der Waals surface area (Å²) in [5, 5.41) is 13.8. The van der Waals surface area contributed by atoms with Gasteiger partial charge in [-0.1, -0.05) is 12.1 Å². The number of amides is 1. The van der Waals surface area contributed by atoms with Gasteiger partial charge in [0.25, 0.3) is 11.6 Å². The van der Waals surface area contributed by atoms with E-state index in [9.17, 15) is 19.7 Å². The number of hydrogen-bond donors (Lipinski definition) is 1. The predicted octanol–water partition coefficient (Wildman–Crippen LogP) is 2.99. The molecule has 0 aliphatic heterocycles. The number of hydrogen-bond acceptors (Lipinski definition) is 7. The smallest absolute Gasteiger partial charge is 0.341 e. The van der Waals surface area contributed by atoms with Gasteiger partial charge in [-0.15, -0.1) is 0 Å². The number of rotatable bonds is 9. The van der Waals surface area contributed by atoms with Crippen LogP contribution in [0.2, 0.25) is 0 Å². The predicted molar refractivity (Wildman–Crippen MR) is 109 cm³/mol. The van der Waals surface area contributed by atoms with Crippen LogP contribution in [0, 0.1) is 10.1 Å². The van der Waals surface area contributed by atoms with E-state index in [0.717, 1.165) is 30.2 Å². The zero-order chi connectivity index (χ0) is 21.7. The molecule has 0 saturated heterocycles. The first-order chi connectivity index (χ1) is 14.4. The van der Waals surface area contributed by atoms with Gasteiger partial charge in [0.15, 0.2) is 6.61 Å². The molecule has 9 heteroatoms. The van der Waals surface area contributed by atoms with Gasteiger partial charge in [-0.05, 0) is 36.6 Å². The van der Waals surface area contributed by atoms with Crippen LogP contribution in [0.4, 0.5) is 11.4 Å². The van der Waals surface area contributed by atoms with Crippen LogP contribution in [0.25, 0.3) is 0 Å². The fourth-order valence-corrected chi connectivity index (χ4v) is 3.06. The molecule has 0 spiro atoms. The highest BCUT2D eigenvalue weighted by atomic mass is 16.6. The van der Waals surface area contributed by atoms with E-state index in [1.165, 1.54) is 12.1 Å². The van der Waals surface area contributed by atoms with E-state index in [2.05, 4.69) is 5.32 Å². The van der Waals surface area contributed by atoms with Gasteiger partial charge in [0.05, 0.1) is 17.6 Å². The molecule has 0 unspecified atom stereocenters. The summed E-state index contributed by atoms with van der Waals surface area (Å²) in [5.74, 6) is -0.371. The maximum Gasteiger partial charge on any atom is 0.341 e. The Balaban J connectivity index is 1.66. The Bertz CT molecular complexity index is 940. The van der Waals surface area contributed by atoms with Crippen LogP contribution in [-0.2, 0) is 16.1 Å². The maximum atomic E-state index is 12.7. The molecule has 0 heterocycles. The number of nitro groups is 1. The number of ether oxygens (including phenoxy) is 2. The number of nitrogens with one attached hydrogen (secondary N) is 1. The van der Waals surface area contributed by atoms with Gasteiger partial charge in [-0.25, -0.2) is 4.79 Å². The molecule has 0 bridgehead atoms. The van der Waals surface area contributed by atoms with Gasteiger partial charge in [-0.3, -0.25) is 14.9 Å². The van der Waals surface area contributed by atoms with Crippen LogP contribution in [-0.4, -0.2) is 48.5 Å². The van der Waals surface area contributed by atoms with Crippen molar-refractivity contribution < 1.29 is 24.0 Å². The van der Waals surface area contributed by atoms with E-state index in [-0.39, 0.29) is 23.2 Å². The maximum absolute atomic E-state index is 12.7. The van der Waals surface area contributed by atoms with E-state index in [1.54, 1.807) is 19.1 Å². The van der Waals surface area contributed by atoms with E-state index in [0.29, 0.717) is 12.2 Å². The van der Waals surface area contributed by atoms with Crippen LogP contribution < -0.4 is 10.1 Å². The highest BCUT2D eigenvalue weighted by Gasteiger charge is 2.33. The molecule has 0 aromatic heterocycles. The van der Waals surface area contributed by atoms with Gasteiger partial charge in [-0.2, -0.15) is 0 Å². The molecular weight excluding hydrogens is 390 g/mol. The molecule has 2 aromatic carbocycles. The van der Waals surface area contributed by atoms with E-state index < -0.39 is 17.5 Å². The van der Waals surface area contributed by atoms with Crippen molar-refractivity contribution in [1.82, 2.24) is 4.90 Å².